The van der Waals surface area contributed by atoms with Gasteiger partial charge >= 0.3 is 0 Å². The summed E-state index contributed by atoms with van der Waals surface area (Å²) in [7, 11) is 0. The van der Waals surface area contributed by atoms with Gasteiger partial charge in [-0.1, -0.05) is 30.3 Å². The minimum atomic E-state index is 1.37. The predicted octanol–water partition coefficient (Wildman–Crippen LogP) is 6.13. The molecule has 0 aliphatic rings. The summed E-state index contributed by atoms with van der Waals surface area (Å²) in [5, 5.41) is 8.59. The molecule has 0 bridgehead atoms. The minimum absolute atomic E-state index is 1.37. The quantitative estimate of drug-likeness (QED) is 0.338. The molecule has 4 aromatic rings. The Morgan fingerprint density at radius 1 is 0.476 bits per heavy atom. The van der Waals surface area contributed by atoms with Crippen LogP contribution in [-0.4, -0.2) is 0 Å². The van der Waals surface area contributed by atoms with Gasteiger partial charge in [0, 0.05) is 0 Å². The molecule has 0 atom stereocenters. The van der Waals surface area contributed by atoms with Crippen LogP contribution in [0.25, 0.3) is 32.3 Å². The zero-order chi connectivity index (χ0) is 14.9. The fourth-order valence-electron chi connectivity index (χ4n) is 4.04. The molecule has 0 amide bonds. The van der Waals surface area contributed by atoms with Crippen LogP contribution in [0.3, 0.4) is 0 Å². The molecule has 0 saturated heterocycles. The summed E-state index contributed by atoms with van der Waals surface area (Å²) in [5.41, 5.74) is 7.01. The monoisotopic (exact) mass is 272 g/mol. The number of aryl methyl sites for hydroxylation is 5. The highest BCUT2D eigenvalue weighted by Crippen LogP contribution is 2.41. The highest BCUT2D eigenvalue weighted by Gasteiger charge is 2.16. The Labute approximate surface area is 125 Å². The Kier molecular flexibility index (Phi) is 2.39. The molecule has 4 aromatic carbocycles. The van der Waals surface area contributed by atoms with Crippen LogP contribution in [0.4, 0.5) is 0 Å². The maximum atomic E-state index is 2.33. The van der Waals surface area contributed by atoms with E-state index in [4.69, 9.17) is 0 Å². The van der Waals surface area contributed by atoms with Crippen molar-refractivity contribution in [3.8, 4) is 0 Å². The summed E-state index contributed by atoms with van der Waals surface area (Å²) in [6.07, 6.45) is 0. The molecule has 0 nitrogen and oxygen atoms in total. The van der Waals surface area contributed by atoms with Crippen LogP contribution in [-0.2, 0) is 0 Å². The van der Waals surface area contributed by atoms with Gasteiger partial charge < -0.3 is 0 Å². The highest BCUT2D eigenvalue weighted by molar-refractivity contribution is 6.26. The van der Waals surface area contributed by atoms with Crippen molar-refractivity contribution in [1.29, 1.82) is 0 Å². The third-order valence-corrected chi connectivity index (χ3v) is 5.24. The van der Waals surface area contributed by atoms with Gasteiger partial charge in [-0.15, -0.1) is 0 Å². The van der Waals surface area contributed by atoms with Crippen molar-refractivity contribution in [2.24, 2.45) is 0 Å². The Morgan fingerprint density at radius 3 is 1.81 bits per heavy atom. The fourth-order valence-corrected chi connectivity index (χ4v) is 4.04. The van der Waals surface area contributed by atoms with Crippen LogP contribution in [0, 0.1) is 34.6 Å². The summed E-state index contributed by atoms with van der Waals surface area (Å²) in [6.45, 7) is 11.2. The second-order valence-corrected chi connectivity index (χ2v) is 6.48. The average molecular weight is 272 g/mol. The van der Waals surface area contributed by atoms with Crippen LogP contribution < -0.4 is 0 Å². The van der Waals surface area contributed by atoms with E-state index in [1.165, 1.54) is 60.1 Å². The standard InChI is InChI=1S/C21H20/c1-11-6-7-18-14(4)15(5)19-13(3)10-12(2)17-9-8-16(11)20(18)21(17)19/h6-10H,1-5H3. The fraction of sp³-hybridized carbons (Fsp3) is 0.238. The molecule has 0 fully saturated rings. The number of hydrogen-bond donors (Lipinski definition) is 0. The smallest absolute Gasteiger partial charge is 0.00185 e. The zero-order valence-corrected chi connectivity index (χ0v) is 13.4. The van der Waals surface area contributed by atoms with Crippen molar-refractivity contribution >= 4 is 32.3 Å². The molecule has 4 rings (SSSR count). The van der Waals surface area contributed by atoms with Gasteiger partial charge in [0.05, 0.1) is 0 Å². The lowest BCUT2D eigenvalue weighted by Gasteiger charge is -2.20. The molecule has 0 aromatic heterocycles. The molecule has 0 spiro atoms. The summed E-state index contributed by atoms with van der Waals surface area (Å²) in [4.78, 5) is 0. The second kappa shape index (κ2) is 3.98. The molecular formula is C21H20. The van der Waals surface area contributed by atoms with Gasteiger partial charge in [-0.25, -0.2) is 0 Å². The molecule has 0 saturated carbocycles. The summed E-state index contributed by atoms with van der Waals surface area (Å²) < 4.78 is 0. The van der Waals surface area contributed by atoms with Crippen LogP contribution in [0.2, 0.25) is 0 Å². The topological polar surface area (TPSA) is 0 Å². The largest absolute Gasteiger partial charge is 0.0581 e. The number of hydrogen-bond acceptors (Lipinski definition) is 0. The zero-order valence-electron chi connectivity index (χ0n) is 13.4. The molecule has 0 unspecified atom stereocenters. The van der Waals surface area contributed by atoms with E-state index < -0.39 is 0 Å². The van der Waals surface area contributed by atoms with Crippen molar-refractivity contribution in [3.63, 3.8) is 0 Å². The van der Waals surface area contributed by atoms with Gasteiger partial charge in [-0.3, -0.25) is 0 Å². The van der Waals surface area contributed by atoms with Crippen molar-refractivity contribution in [2.45, 2.75) is 34.6 Å². The van der Waals surface area contributed by atoms with E-state index in [9.17, 15) is 0 Å². The average Bonchev–Trinajstić information content (AvgIpc) is 2.45. The SMILES string of the molecule is Cc1ccc2c(C)c(C)c3c(C)cc(C)c4ccc1c2c43. The summed E-state index contributed by atoms with van der Waals surface area (Å²) >= 11 is 0. The maximum absolute atomic E-state index is 2.33. The first-order valence-electron chi connectivity index (χ1n) is 7.65. The molecule has 104 valence electrons. The van der Waals surface area contributed by atoms with E-state index >= 15 is 0 Å². The van der Waals surface area contributed by atoms with Crippen molar-refractivity contribution in [2.75, 3.05) is 0 Å². The van der Waals surface area contributed by atoms with Gasteiger partial charge in [0.25, 0.3) is 0 Å². The lowest BCUT2D eigenvalue weighted by atomic mass is 9.84. The van der Waals surface area contributed by atoms with E-state index in [1.807, 2.05) is 0 Å². The molecule has 0 radical (unpaired) electrons. The van der Waals surface area contributed by atoms with Crippen molar-refractivity contribution < 1.29 is 0 Å². The second-order valence-electron chi connectivity index (χ2n) is 6.48. The van der Waals surface area contributed by atoms with Gasteiger partial charge in [0.15, 0.2) is 0 Å². The summed E-state index contributed by atoms with van der Waals surface area (Å²) in [6, 6.07) is 11.5. The van der Waals surface area contributed by atoms with Crippen LogP contribution in [0.5, 0.6) is 0 Å². The third kappa shape index (κ3) is 1.45. The molecule has 0 N–H and O–H groups in total. The maximum Gasteiger partial charge on any atom is -0.00185 e. The number of rotatable bonds is 0. The van der Waals surface area contributed by atoms with Gasteiger partial charge in [-0.2, -0.15) is 0 Å². The third-order valence-electron chi connectivity index (χ3n) is 5.24. The van der Waals surface area contributed by atoms with E-state index in [0.29, 0.717) is 0 Å². The molecule has 0 heterocycles. The Morgan fingerprint density at radius 2 is 1.10 bits per heavy atom. The minimum Gasteiger partial charge on any atom is -0.0581 e. The van der Waals surface area contributed by atoms with Crippen LogP contribution >= 0.6 is 0 Å². The number of benzene rings is 4. The first-order valence-corrected chi connectivity index (χ1v) is 7.65. The van der Waals surface area contributed by atoms with Gasteiger partial charge in [-0.05, 0) is 94.8 Å². The molecule has 0 aliphatic heterocycles. The molecular weight excluding hydrogens is 252 g/mol. The van der Waals surface area contributed by atoms with Crippen molar-refractivity contribution in [1.82, 2.24) is 0 Å². The molecule has 0 aliphatic carbocycles. The van der Waals surface area contributed by atoms with Gasteiger partial charge in [0.2, 0.25) is 0 Å². The first-order chi connectivity index (χ1) is 10.0. The van der Waals surface area contributed by atoms with Crippen LogP contribution in [0.1, 0.15) is 27.8 Å². The van der Waals surface area contributed by atoms with E-state index in [1.54, 1.807) is 0 Å². The summed E-state index contributed by atoms with van der Waals surface area (Å²) in [5.74, 6) is 0. The highest BCUT2D eigenvalue weighted by atomic mass is 14.2. The van der Waals surface area contributed by atoms with E-state index in [-0.39, 0.29) is 0 Å². The predicted molar refractivity (Wildman–Crippen MR) is 93.8 cm³/mol. The lowest BCUT2D eigenvalue weighted by Crippen LogP contribution is -1.95. The Hall–Kier alpha value is -2.08. The Balaban J connectivity index is 2.52. The Bertz CT molecular complexity index is 1020. The first kappa shape index (κ1) is 12.6. The van der Waals surface area contributed by atoms with Crippen molar-refractivity contribution in [3.05, 3.63) is 58.1 Å². The van der Waals surface area contributed by atoms with E-state index in [2.05, 4.69) is 65.0 Å². The molecule has 0 heteroatoms. The molecule has 21 heavy (non-hydrogen) atoms. The normalized spacial score (nSPS) is 12.0. The van der Waals surface area contributed by atoms with Gasteiger partial charge in [0.1, 0.15) is 0 Å². The van der Waals surface area contributed by atoms with E-state index in [0.717, 1.165) is 0 Å². The van der Waals surface area contributed by atoms with Crippen LogP contribution in [0.15, 0.2) is 30.3 Å². The lowest BCUT2D eigenvalue weighted by molar-refractivity contribution is 1.38.